The zero-order chi connectivity index (χ0) is 46.0. The van der Waals surface area contributed by atoms with Crippen molar-refractivity contribution >= 4 is 259 Å². The van der Waals surface area contributed by atoms with Crippen molar-refractivity contribution in [3.8, 4) is 50.5 Å². The lowest BCUT2D eigenvalue weighted by Crippen LogP contribution is -2.56. The molecule has 0 saturated heterocycles. The van der Waals surface area contributed by atoms with Crippen molar-refractivity contribution in [2.75, 3.05) is 0 Å². The fraction of sp³-hybridized carbons (Fsp3) is 0. The monoisotopic (exact) mass is 768 g/mol. The van der Waals surface area contributed by atoms with E-state index in [1.165, 1.54) is 0 Å². The van der Waals surface area contributed by atoms with Gasteiger partial charge in [-0.15, -0.1) is 49.2 Å². The largest absolute Gasteiger partial charge is 0.294 e. The highest BCUT2D eigenvalue weighted by Crippen LogP contribution is 2.42. The molecule has 0 aliphatic heterocycles. The van der Waals surface area contributed by atoms with E-state index in [0.29, 0.717) is 83.0 Å². The van der Waals surface area contributed by atoms with Gasteiger partial charge in [0, 0.05) is 11.3 Å². The van der Waals surface area contributed by atoms with Crippen molar-refractivity contribution in [1.29, 1.82) is 0 Å². The molecule has 0 N–H and O–H groups in total. The zero-order valence-electron chi connectivity index (χ0n) is 34.2. The van der Waals surface area contributed by atoms with Gasteiger partial charge in [0.05, 0.1) is 11.0 Å². The first-order valence-corrected chi connectivity index (χ1v) is 19.6. The highest BCUT2D eigenvalue weighted by Gasteiger charge is 2.26. The zero-order valence-corrected chi connectivity index (χ0v) is 34.2. The average molecular weight is 765 g/mol. The highest BCUT2D eigenvalue weighted by molar-refractivity contribution is 6.71. The third-order valence-corrected chi connectivity index (χ3v) is 12.1. The maximum Gasteiger partial charge on any atom is 0.145 e. The van der Waals surface area contributed by atoms with E-state index in [0.717, 1.165) is 0 Å². The van der Waals surface area contributed by atoms with Gasteiger partial charge in [-0.1, -0.05) is 104 Å². The Kier molecular flexibility index (Phi) is 11.1. The van der Waals surface area contributed by atoms with Crippen LogP contribution in [0.4, 0.5) is 0 Å². The van der Waals surface area contributed by atoms with Crippen LogP contribution in [-0.2, 0) is 0 Å². The summed E-state index contributed by atoms with van der Waals surface area (Å²) in [7, 11) is 112. The van der Waals surface area contributed by atoms with Crippen LogP contribution in [0.5, 0.6) is 0 Å². The van der Waals surface area contributed by atoms with Gasteiger partial charge in [-0.2, -0.15) is 0 Å². The van der Waals surface area contributed by atoms with Crippen LogP contribution in [0.3, 0.4) is 0 Å². The molecule has 0 amide bonds. The number of hydrogen-bond acceptors (Lipinski definition) is 1. The molecule has 0 bridgehead atoms. The van der Waals surface area contributed by atoms with Crippen molar-refractivity contribution in [2.45, 2.75) is 0 Å². The Morgan fingerprint density at radius 3 is 1.31 bits per heavy atom. The number of benzene rings is 8. The van der Waals surface area contributed by atoms with Crippen LogP contribution in [0.15, 0.2) is 78.9 Å². The van der Waals surface area contributed by atoms with Crippen LogP contribution >= 0.6 is 0 Å². The van der Waals surface area contributed by atoms with E-state index in [9.17, 15) is 0 Å². The first kappa shape index (κ1) is 44.1. The van der Waals surface area contributed by atoms with E-state index in [1.54, 1.807) is 22.8 Å². The minimum absolute atomic E-state index is 0.0664. The summed E-state index contributed by atoms with van der Waals surface area (Å²) in [5.41, 5.74) is 7.76. The van der Waals surface area contributed by atoms with Crippen LogP contribution in [0.25, 0.3) is 83.0 Å². The summed E-state index contributed by atoms with van der Waals surface area (Å²) in [5, 5.41) is 1.83. The van der Waals surface area contributed by atoms with E-state index in [-0.39, 0.29) is 92.9 Å². The summed E-state index contributed by atoms with van der Waals surface area (Å²) in [5.74, 6) is 0.472. The van der Waals surface area contributed by atoms with Gasteiger partial charge in [-0.25, -0.2) is 4.98 Å². The summed E-state index contributed by atoms with van der Waals surface area (Å²) in [6.07, 6.45) is 0. The maximum absolute atomic E-state index is 7.01. The van der Waals surface area contributed by atoms with Gasteiger partial charge in [0.1, 0.15) is 139 Å². The molecule has 19 heteroatoms. The van der Waals surface area contributed by atoms with Crippen molar-refractivity contribution in [2.24, 2.45) is 0 Å². The van der Waals surface area contributed by atoms with Crippen molar-refractivity contribution in [3.05, 3.63) is 78.9 Å². The van der Waals surface area contributed by atoms with Crippen LogP contribution in [0.1, 0.15) is 0 Å². The third-order valence-electron chi connectivity index (χ3n) is 12.1. The molecule has 0 aliphatic carbocycles. The van der Waals surface area contributed by atoms with Crippen molar-refractivity contribution in [3.63, 3.8) is 0 Å². The van der Waals surface area contributed by atoms with Gasteiger partial charge in [0.2, 0.25) is 0 Å². The van der Waals surface area contributed by atoms with Crippen LogP contribution in [-0.4, -0.2) is 143 Å². The summed E-state index contributed by atoms with van der Waals surface area (Å²) in [6, 6.07) is 23.8. The molecule has 0 atom stereocenters. The Balaban J connectivity index is 1.36. The quantitative estimate of drug-likeness (QED) is 0.126. The van der Waals surface area contributed by atoms with Gasteiger partial charge >= 0.3 is 0 Å². The highest BCUT2D eigenvalue weighted by atomic mass is 15.1. The second-order valence-electron chi connectivity index (χ2n) is 15.7. The predicted octanol–water partition coefficient (Wildman–Crippen LogP) is -8.51. The molecule has 9 rings (SSSR count). The van der Waals surface area contributed by atoms with E-state index in [1.807, 2.05) is 60.7 Å². The molecule has 0 aliphatic rings. The summed E-state index contributed by atoms with van der Waals surface area (Å²) in [4.78, 5) is 4.99. The number of rotatable bonds is 5. The van der Waals surface area contributed by atoms with Crippen LogP contribution in [0, 0.1) is 0 Å². The van der Waals surface area contributed by atoms with Gasteiger partial charge < -0.3 is 0 Å². The molecule has 1 aromatic heterocycles. The Morgan fingerprint density at radius 1 is 0.312 bits per heavy atom. The van der Waals surface area contributed by atoms with Gasteiger partial charge in [-0.3, -0.25) is 4.57 Å². The molecule has 2 nitrogen and oxygen atoms in total. The van der Waals surface area contributed by atoms with Gasteiger partial charge in [0.25, 0.3) is 0 Å². The first-order valence-electron chi connectivity index (χ1n) is 19.6. The molecule has 1 heterocycles. The average Bonchev–Trinajstić information content (AvgIpc) is 3.67. The maximum atomic E-state index is 7.01. The summed E-state index contributed by atoms with van der Waals surface area (Å²) >= 11 is 0. The lowest BCUT2D eigenvalue weighted by atomic mass is 9.59. The fourth-order valence-electron chi connectivity index (χ4n) is 8.74. The van der Waals surface area contributed by atoms with E-state index in [4.69, 9.17) is 138 Å². The fourth-order valence-corrected chi connectivity index (χ4v) is 8.74. The topological polar surface area (TPSA) is 17.8 Å². The van der Waals surface area contributed by atoms with Gasteiger partial charge in [0.15, 0.2) is 0 Å². The Labute approximate surface area is 395 Å². The molecule has 64 heavy (non-hydrogen) atoms. The number of fused-ring (bicyclic) bond motifs is 3. The van der Waals surface area contributed by atoms with E-state index >= 15 is 0 Å². The molecule has 254 valence electrons. The van der Waals surface area contributed by atoms with Gasteiger partial charge in [-0.05, 0) is 73.1 Å². The minimum atomic E-state index is 0.0664. The minimum Gasteiger partial charge on any atom is -0.294 e. The predicted molar refractivity (Wildman–Crippen MR) is 289 cm³/mol. The molecule has 8 aromatic carbocycles. The Bertz CT molecular complexity index is 3470. The number of aromatic nitrogens is 2. The molecule has 0 saturated carbocycles. The molecular formula is C45H13B17N2. The van der Waals surface area contributed by atoms with Crippen LogP contribution in [0.2, 0.25) is 0 Å². The smallest absolute Gasteiger partial charge is 0.145 e. The molecular weight excluding hydrogens is 752 g/mol. The normalized spacial score (nSPS) is 11.6. The Hall–Kier alpha value is -5.15. The molecule has 9 aromatic rings. The first-order chi connectivity index (χ1) is 30.4. The second-order valence-corrected chi connectivity index (χ2v) is 15.7. The standard InChI is InChI=1S/C45H13B17N2/c46-18-13-19(47)29(48)26-22(14-8-10-15(11-9-14)45-63-20-6-1-2-7-21(20)64(45)44-42(61)40(59)39(58)41(60)43(44)62)27-28(33(52)37(56)36(55)32(27)51)23(25(18)26)16-4-3-5-17(12-16)24-30(49)34(53)38(57)35(54)31(24)50/h1-13H. The summed E-state index contributed by atoms with van der Waals surface area (Å²) in [6.45, 7) is 0. The van der Waals surface area contributed by atoms with Crippen molar-refractivity contribution in [1.82, 2.24) is 9.55 Å². The SMILES string of the molecule is [B]c1cc([B])c2c(-c3cccc(-c4c([B])c([B])c([B])c([B])c4[B])c3)c3c([B])c([B])c([B])c([B])c3c(-c3ccc(-c4nc5ccccc5n4-c4c([B])c([B])c([B])c([B])c4[B])cc3)c2c1[B]. The molecule has 0 fully saturated rings. The van der Waals surface area contributed by atoms with Crippen molar-refractivity contribution < 1.29 is 0 Å². The third kappa shape index (κ3) is 6.45. The van der Waals surface area contributed by atoms with E-state index in [2.05, 4.69) is 0 Å². The number of imidazole rings is 1. The lowest BCUT2D eigenvalue weighted by Gasteiger charge is -2.28. The molecule has 0 spiro atoms. The number of para-hydroxylation sites is 2. The summed E-state index contributed by atoms with van der Waals surface area (Å²) < 4.78 is 1.80. The Morgan fingerprint density at radius 2 is 0.750 bits per heavy atom. The molecule has 0 unspecified atom stereocenters. The second kappa shape index (κ2) is 16.1. The van der Waals surface area contributed by atoms with E-state index < -0.39 is 0 Å². The number of hydrogen-bond donors (Lipinski definition) is 0. The lowest BCUT2D eigenvalue weighted by molar-refractivity contribution is 1.12. The number of nitrogens with zero attached hydrogens (tertiary/aromatic N) is 2. The molecule has 34 radical (unpaired) electrons. The van der Waals surface area contributed by atoms with Crippen LogP contribution < -0.4 is 92.9 Å².